The third-order valence-electron chi connectivity index (χ3n) is 6.34. The average molecular weight is 602 g/mol. The van der Waals surface area contributed by atoms with Crippen LogP contribution in [0.3, 0.4) is 0 Å². The number of azo groups is 1. The SMILES string of the molecule is COc1ccc(S(=O)(=O)CCN(CCO)CCO)cc1/N=N/c1c(NCC(C)O)nc(Nc2ccccc2)c(N)c1C. The molecule has 0 aliphatic heterocycles. The molecule has 0 spiro atoms. The Labute approximate surface area is 246 Å². The number of anilines is 4. The molecule has 3 rings (SSSR count). The summed E-state index contributed by atoms with van der Waals surface area (Å²) in [5.41, 5.74) is 8.59. The van der Waals surface area contributed by atoms with Gasteiger partial charge in [-0.15, -0.1) is 10.2 Å². The topological polar surface area (TPSA) is 195 Å². The van der Waals surface area contributed by atoms with Crippen LogP contribution in [0.1, 0.15) is 12.5 Å². The highest BCUT2D eigenvalue weighted by Gasteiger charge is 2.20. The Kier molecular flexibility index (Phi) is 12.0. The number of hydrogen-bond donors (Lipinski definition) is 6. The number of rotatable bonds is 16. The number of aromatic nitrogens is 1. The Bertz CT molecular complexity index is 1450. The third kappa shape index (κ3) is 8.84. The van der Waals surface area contributed by atoms with E-state index in [9.17, 15) is 23.7 Å². The summed E-state index contributed by atoms with van der Waals surface area (Å²) in [4.78, 5) is 6.29. The van der Waals surface area contributed by atoms with Crippen molar-refractivity contribution in [2.24, 2.45) is 10.2 Å². The van der Waals surface area contributed by atoms with Gasteiger partial charge in [0.1, 0.15) is 17.1 Å². The molecule has 1 unspecified atom stereocenters. The smallest absolute Gasteiger partial charge is 0.179 e. The maximum atomic E-state index is 13.1. The second-order valence-electron chi connectivity index (χ2n) is 9.56. The summed E-state index contributed by atoms with van der Waals surface area (Å²) in [5.74, 6) is 0.797. The van der Waals surface area contributed by atoms with Crippen molar-refractivity contribution < 1.29 is 28.5 Å². The van der Waals surface area contributed by atoms with E-state index in [2.05, 4.69) is 25.8 Å². The van der Waals surface area contributed by atoms with Gasteiger partial charge < -0.3 is 36.4 Å². The summed E-state index contributed by atoms with van der Waals surface area (Å²) in [6, 6.07) is 13.7. The standard InChI is InChI=1S/C28H39N7O6S/c1-19(38)18-30-28-26(20(2)25(29)27(32-28)31-21-7-5-4-6-8-21)34-33-23-17-22(9-10-24(23)41-3)42(39,40)16-13-35(11-14-36)12-15-37/h4-10,17,19,36-38H,11-16,18,29H2,1-3H3,(H2,30,31,32)/b34-33+. The normalized spacial score (nSPS) is 12.5. The molecule has 0 amide bonds. The third-order valence-corrected chi connectivity index (χ3v) is 8.03. The predicted molar refractivity (Wildman–Crippen MR) is 163 cm³/mol. The van der Waals surface area contributed by atoms with Crippen molar-refractivity contribution in [2.75, 3.05) is 68.6 Å². The minimum Gasteiger partial charge on any atom is -0.494 e. The molecule has 13 nitrogen and oxygen atoms in total. The number of methoxy groups -OCH3 is 1. The van der Waals surface area contributed by atoms with Gasteiger partial charge in [0.25, 0.3) is 0 Å². The van der Waals surface area contributed by atoms with Gasteiger partial charge >= 0.3 is 0 Å². The summed E-state index contributed by atoms with van der Waals surface area (Å²) >= 11 is 0. The minimum atomic E-state index is -3.74. The monoisotopic (exact) mass is 601 g/mol. The molecule has 42 heavy (non-hydrogen) atoms. The Hall–Kier alpha value is -3.82. The number of sulfone groups is 1. The molecule has 0 aliphatic rings. The summed E-state index contributed by atoms with van der Waals surface area (Å²) in [7, 11) is -2.30. The second kappa shape index (κ2) is 15.4. The van der Waals surface area contributed by atoms with E-state index in [-0.39, 0.29) is 55.7 Å². The summed E-state index contributed by atoms with van der Waals surface area (Å²) in [6.07, 6.45) is -0.673. The Balaban J connectivity index is 1.97. The van der Waals surface area contributed by atoms with Crippen molar-refractivity contribution in [2.45, 2.75) is 24.8 Å². The van der Waals surface area contributed by atoms with Gasteiger partial charge in [0.2, 0.25) is 0 Å². The lowest BCUT2D eigenvalue weighted by atomic mass is 10.2. The Morgan fingerprint density at radius 3 is 2.36 bits per heavy atom. The van der Waals surface area contributed by atoms with Gasteiger partial charge in [-0.3, -0.25) is 4.90 Å². The second-order valence-corrected chi connectivity index (χ2v) is 11.7. The fourth-order valence-electron chi connectivity index (χ4n) is 3.98. The number of benzene rings is 2. The van der Waals surface area contributed by atoms with E-state index in [1.165, 1.54) is 25.3 Å². The molecule has 0 bridgehead atoms. The maximum Gasteiger partial charge on any atom is 0.179 e. The zero-order valence-electron chi connectivity index (χ0n) is 24.0. The van der Waals surface area contributed by atoms with Crippen molar-refractivity contribution in [1.82, 2.24) is 9.88 Å². The van der Waals surface area contributed by atoms with Crippen molar-refractivity contribution in [3.63, 3.8) is 0 Å². The number of para-hydroxylation sites is 1. The molecule has 2 aromatic carbocycles. The van der Waals surface area contributed by atoms with Gasteiger partial charge in [-0.1, -0.05) is 18.2 Å². The van der Waals surface area contributed by atoms with E-state index in [0.29, 0.717) is 34.3 Å². The van der Waals surface area contributed by atoms with Crippen LogP contribution in [0.15, 0.2) is 63.7 Å². The summed E-state index contributed by atoms with van der Waals surface area (Å²) in [6.45, 7) is 3.91. The molecular formula is C28H39N7O6S. The zero-order chi connectivity index (χ0) is 30.7. The minimum absolute atomic E-state index is 0.0226. The number of ether oxygens (including phenoxy) is 1. The number of pyridine rings is 1. The quantitative estimate of drug-likeness (QED) is 0.132. The molecule has 0 saturated carbocycles. The molecule has 7 N–H and O–H groups in total. The number of nitrogens with two attached hydrogens (primary N) is 1. The summed E-state index contributed by atoms with van der Waals surface area (Å²) < 4.78 is 31.7. The van der Waals surface area contributed by atoms with E-state index in [1.54, 1.807) is 18.7 Å². The number of nitrogens with zero attached hydrogens (tertiary/aromatic N) is 4. The summed E-state index contributed by atoms with van der Waals surface area (Å²) in [5, 5.41) is 43.3. The van der Waals surface area contributed by atoms with Crippen LogP contribution < -0.4 is 21.1 Å². The Morgan fingerprint density at radius 1 is 1.05 bits per heavy atom. The molecule has 3 aromatic rings. The molecule has 0 aliphatic carbocycles. The molecular weight excluding hydrogens is 562 g/mol. The zero-order valence-corrected chi connectivity index (χ0v) is 24.8. The van der Waals surface area contributed by atoms with Gasteiger partial charge in [-0.2, -0.15) is 0 Å². The first-order valence-corrected chi connectivity index (χ1v) is 15.1. The molecule has 1 heterocycles. The largest absolute Gasteiger partial charge is 0.494 e. The lowest BCUT2D eigenvalue weighted by Gasteiger charge is -2.20. The van der Waals surface area contributed by atoms with E-state index in [1.807, 2.05) is 30.3 Å². The van der Waals surface area contributed by atoms with Crippen LogP contribution in [0.4, 0.5) is 34.4 Å². The van der Waals surface area contributed by atoms with Crippen LogP contribution in [0, 0.1) is 6.92 Å². The molecule has 1 aromatic heterocycles. The van der Waals surface area contributed by atoms with Crippen molar-refractivity contribution in [1.29, 1.82) is 0 Å². The van der Waals surface area contributed by atoms with Crippen molar-refractivity contribution >= 4 is 44.2 Å². The highest BCUT2D eigenvalue weighted by molar-refractivity contribution is 7.91. The molecule has 0 fully saturated rings. The van der Waals surface area contributed by atoms with Gasteiger partial charge in [0.05, 0.1) is 42.8 Å². The average Bonchev–Trinajstić information content (AvgIpc) is 2.97. The van der Waals surface area contributed by atoms with Gasteiger partial charge in [0, 0.05) is 37.4 Å². The number of nitrogens with one attached hydrogen (secondary N) is 2. The highest BCUT2D eigenvalue weighted by Crippen LogP contribution is 2.39. The first-order valence-electron chi connectivity index (χ1n) is 13.4. The number of hydrogen-bond acceptors (Lipinski definition) is 13. The molecule has 0 radical (unpaired) electrons. The highest BCUT2D eigenvalue weighted by atomic mass is 32.2. The first kappa shape index (κ1) is 32.7. The van der Waals surface area contributed by atoms with E-state index in [4.69, 9.17) is 10.5 Å². The number of nitrogen functional groups attached to an aromatic ring is 1. The van der Waals surface area contributed by atoms with Crippen LogP contribution in [0.2, 0.25) is 0 Å². The molecule has 1 atom stereocenters. The van der Waals surface area contributed by atoms with Gasteiger partial charge in [-0.25, -0.2) is 13.4 Å². The number of aliphatic hydroxyl groups is 3. The van der Waals surface area contributed by atoms with E-state index < -0.39 is 15.9 Å². The fraction of sp³-hybridized carbons (Fsp3) is 0.393. The van der Waals surface area contributed by atoms with Crippen LogP contribution in [-0.2, 0) is 9.84 Å². The van der Waals surface area contributed by atoms with Crippen LogP contribution in [-0.4, -0.2) is 92.0 Å². The lowest BCUT2D eigenvalue weighted by Crippen LogP contribution is -2.34. The van der Waals surface area contributed by atoms with Gasteiger partial charge in [0.15, 0.2) is 21.5 Å². The van der Waals surface area contributed by atoms with E-state index >= 15 is 0 Å². The number of aliphatic hydroxyl groups excluding tert-OH is 3. The van der Waals surface area contributed by atoms with Crippen LogP contribution in [0.5, 0.6) is 5.75 Å². The van der Waals surface area contributed by atoms with Gasteiger partial charge in [-0.05, 0) is 44.2 Å². The molecule has 228 valence electrons. The lowest BCUT2D eigenvalue weighted by molar-refractivity contribution is 0.167. The molecule has 14 heteroatoms. The van der Waals surface area contributed by atoms with E-state index in [0.717, 1.165) is 5.69 Å². The van der Waals surface area contributed by atoms with Crippen molar-refractivity contribution in [3.8, 4) is 5.75 Å². The fourth-order valence-corrected chi connectivity index (χ4v) is 5.28. The first-order chi connectivity index (χ1) is 20.1. The van der Waals surface area contributed by atoms with Crippen LogP contribution in [0.25, 0.3) is 0 Å². The predicted octanol–water partition coefficient (Wildman–Crippen LogP) is 2.99. The van der Waals surface area contributed by atoms with Crippen LogP contribution >= 0.6 is 0 Å². The maximum absolute atomic E-state index is 13.1. The molecule has 0 saturated heterocycles. The van der Waals surface area contributed by atoms with Crippen molar-refractivity contribution in [3.05, 3.63) is 54.1 Å². The Morgan fingerprint density at radius 2 is 1.74 bits per heavy atom.